The highest BCUT2D eigenvalue weighted by Crippen LogP contribution is 2.32. The smallest absolute Gasteiger partial charge is 0.128 e. The summed E-state index contributed by atoms with van der Waals surface area (Å²) < 4.78 is 13.7. The molecule has 16 heavy (non-hydrogen) atoms. The van der Waals surface area contributed by atoms with Crippen LogP contribution in [0.4, 0.5) is 4.39 Å². The molecule has 0 aliphatic carbocycles. The molecule has 0 aliphatic rings. The minimum absolute atomic E-state index is 0.252. The molecule has 1 aromatic heterocycles. The van der Waals surface area contributed by atoms with Gasteiger partial charge >= 0.3 is 0 Å². The summed E-state index contributed by atoms with van der Waals surface area (Å²) in [5.41, 5.74) is 7.03. The molecule has 0 bridgehead atoms. The molecule has 0 spiro atoms. The molecule has 1 aromatic carbocycles. The van der Waals surface area contributed by atoms with Crippen molar-refractivity contribution in [1.82, 2.24) is 0 Å². The van der Waals surface area contributed by atoms with Gasteiger partial charge in [0.2, 0.25) is 0 Å². The van der Waals surface area contributed by atoms with Crippen LogP contribution in [-0.4, -0.2) is 0 Å². The summed E-state index contributed by atoms with van der Waals surface area (Å²) in [7, 11) is 0. The quantitative estimate of drug-likeness (QED) is 0.848. The first kappa shape index (κ1) is 11.3. The van der Waals surface area contributed by atoms with E-state index >= 15 is 0 Å². The average molecular weight is 235 g/mol. The van der Waals surface area contributed by atoms with Gasteiger partial charge < -0.3 is 5.73 Å². The van der Waals surface area contributed by atoms with Crippen LogP contribution in [0.1, 0.15) is 22.9 Å². The molecule has 3 heteroatoms. The van der Waals surface area contributed by atoms with Crippen LogP contribution in [0.5, 0.6) is 0 Å². The van der Waals surface area contributed by atoms with E-state index in [0.29, 0.717) is 5.56 Å². The molecule has 0 saturated carbocycles. The van der Waals surface area contributed by atoms with Crippen molar-refractivity contribution in [2.45, 2.75) is 19.4 Å². The monoisotopic (exact) mass is 235 g/mol. The van der Waals surface area contributed by atoms with Crippen LogP contribution in [-0.2, 0) is 5.54 Å². The van der Waals surface area contributed by atoms with E-state index in [2.05, 4.69) is 0 Å². The number of hydrogen-bond acceptors (Lipinski definition) is 2. The Balaban J connectivity index is 2.55. The van der Waals surface area contributed by atoms with Gasteiger partial charge in [0.15, 0.2) is 0 Å². The molecule has 2 N–H and O–H groups in total. The van der Waals surface area contributed by atoms with Crippen molar-refractivity contribution in [3.8, 4) is 0 Å². The number of nitrogens with two attached hydrogens (primary N) is 1. The van der Waals surface area contributed by atoms with Crippen LogP contribution in [0, 0.1) is 12.7 Å². The van der Waals surface area contributed by atoms with E-state index in [1.54, 1.807) is 23.5 Å². The second-order valence-corrected chi connectivity index (χ2v) is 5.19. The largest absolute Gasteiger partial charge is 0.318 e. The van der Waals surface area contributed by atoms with Gasteiger partial charge in [0.25, 0.3) is 0 Å². The Bertz CT molecular complexity index is 502. The van der Waals surface area contributed by atoms with Crippen molar-refractivity contribution in [1.29, 1.82) is 0 Å². The highest BCUT2D eigenvalue weighted by molar-refractivity contribution is 7.10. The number of rotatable bonds is 2. The normalized spacial score (nSPS) is 14.8. The average Bonchev–Trinajstić information content (AvgIpc) is 2.65. The molecule has 0 radical (unpaired) electrons. The zero-order chi connectivity index (χ0) is 11.8. The van der Waals surface area contributed by atoms with Crippen LogP contribution in [0.3, 0.4) is 0 Å². The summed E-state index contributed by atoms with van der Waals surface area (Å²) in [5.74, 6) is -0.252. The van der Waals surface area contributed by atoms with Gasteiger partial charge in [0.1, 0.15) is 5.82 Å². The third-order valence-electron chi connectivity index (χ3n) is 2.85. The molecule has 0 aliphatic heterocycles. The highest BCUT2D eigenvalue weighted by atomic mass is 32.1. The van der Waals surface area contributed by atoms with Crippen molar-refractivity contribution < 1.29 is 4.39 Å². The fourth-order valence-corrected chi connectivity index (χ4v) is 2.77. The zero-order valence-electron chi connectivity index (χ0n) is 9.33. The van der Waals surface area contributed by atoms with E-state index in [-0.39, 0.29) is 5.82 Å². The van der Waals surface area contributed by atoms with E-state index in [9.17, 15) is 4.39 Å². The lowest BCUT2D eigenvalue weighted by Crippen LogP contribution is -2.35. The molecule has 2 aromatic rings. The van der Waals surface area contributed by atoms with E-state index in [0.717, 1.165) is 10.4 Å². The summed E-state index contributed by atoms with van der Waals surface area (Å²) in [6, 6.07) is 8.64. The first-order valence-corrected chi connectivity index (χ1v) is 6.00. The third kappa shape index (κ3) is 1.77. The summed E-state index contributed by atoms with van der Waals surface area (Å²) >= 11 is 1.63. The molecular formula is C13H14FNS. The van der Waals surface area contributed by atoms with Crippen molar-refractivity contribution >= 4 is 11.3 Å². The number of hydrogen-bond donors (Lipinski definition) is 1. The molecule has 0 saturated heterocycles. The second kappa shape index (κ2) is 4.00. The van der Waals surface area contributed by atoms with Gasteiger partial charge in [-0.15, -0.1) is 11.3 Å². The van der Waals surface area contributed by atoms with E-state index < -0.39 is 5.54 Å². The van der Waals surface area contributed by atoms with Crippen molar-refractivity contribution in [3.05, 3.63) is 57.5 Å². The molecule has 1 nitrogen and oxygen atoms in total. The van der Waals surface area contributed by atoms with Crippen molar-refractivity contribution in [2.75, 3.05) is 0 Å². The molecule has 0 amide bonds. The Kier molecular flexibility index (Phi) is 2.82. The van der Waals surface area contributed by atoms with Gasteiger partial charge in [-0.3, -0.25) is 0 Å². The Morgan fingerprint density at radius 3 is 2.44 bits per heavy atom. The summed E-state index contributed by atoms with van der Waals surface area (Å²) in [6.07, 6.45) is 0. The maximum atomic E-state index is 13.7. The Morgan fingerprint density at radius 2 is 1.88 bits per heavy atom. The fraction of sp³-hybridized carbons (Fsp3) is 0.231. The minimum Gasteiger partial charge on any atom is -0.318 e. The van der Waals surface area contributed by atoms with Gasteiger partial charge in [-0.1, -0.05) is 18.2 Å². The van der Waals surface area contributed by atoms with E-state index in [1.807, 2.05) is 31.4 Å². The van der Waals surface area contributed by atoms with Gasteiger partial charge in [-0.2, -0.15) is 0 Å². The van der Waals surface area contributed by atoms with Crippen LogP contribution >= 0.6 is 11.3 Å². The lowest BCUT2D eigenvalue weighted by atomic mass is 9.86. The first-order chi connectivity index (χ1) is 7.53. The van der Waals surface area contributed by atoms with Crippen LogP contribution in [0.15, 0.2) is 35.7 Å². The first-order valence-electron chi connectivity index (χ1n) is 5.12. The van der Waals surface area contributed by atoms with Crippen LogP contribution < -0.4 is 5.73 Å². The molecular weight excluding hydrogens is 221 g/mol. The highest BCUT2D eigenvalue weighted by Gasteiger charge is 2.28. The molecule has 1 unspecified atom stereocenters. The minimum atomic E-state index is -0.768. The molecule has 2 rings (SSSR count). The Morgan fingerprint density at radius 1 is 1.19 bits per heavy atom. The molecule has 1 heterocycles. The maximum absolute atomic E-state index is 13.7. The maximum Gasteiger partial charge on any atom is 0.128 e. The Labute approximate surface area is 98.7 Å². The Hall–Kier alpha value is -1.19. The lowest BCUT2D eigenvalue weighted by Gasteiger charge is -2.26. The fourth-order valence-electron chi connectivity index (χ4n) is 1.95. The predicted molar refractivity (Wildman–Crippen MR) is 66.1 cm³/mol. The number of thiophene rings is 1. The van der Waals surface area contributed by atoms with Gasteiger partial charge in [0.05, 0.1) is 5.54 Å². The van der Waals surface area contributed by atoms with Crippen LogP contribution in [0.25, 0.3) is 0 Å². The van der Waals surface area contributed by atoms with Crippen molar-refractivity contribution in [3.63, 3.8) is 0 Å². The zero-order valence-corrected chi connectivity index (χ0v) is 10.1. The van der Waals surface area contributed by atoms with Gasteiger partial charge in [-0.25, -0.2) is 4.39 Å². The number of benzene rings is 1. The topological polar surface area (TPSA) is 26.0 Å². The van der Waals surface area contributed by atoms with Gasteiger partial charge in [-0.05, 0) is 36.9 Å². The van der Waals surface area contributed by atoms with Crippen LogP contribution in [0.2, 0.25) is 0 Å². The number of halogens is 1. The molecule has 0 fully saturated rings. The molecule has 84 valence electrons. The standard InChI is InChI=1S/C13H14FNS/c1-9-10(7-8-16-9)13(2,15)11-5-3-4-6-12(11)14/h3-8H,15H2,1-2H3. The van der Waals surface area contributed by atoms with Gasteiger partial charge in [0, 0.05) is 10.4 Å². The third-order valence-corrected chi connectivity index (χ3v) is 3.70. The SMILES string of the molecule is Cc1sccc1C(C)(N)c1ccccc1F. The van der Waals surface area contributed by atoms with Crippen molar-refractivity contribution in [2.24, 2.45) is 5.73 Å². The number of aryl methyl sites for hydroxylation is 1. The summed E-state index contributed by atoms with van der Waals surface area (Å²) in [4.78, 5) is 1.13. The summed E-state index contributed by atoms with van der Waals surface area (Å²) in [6.45, 7) is 3.85. The van der Waals surface area contributed by atoms with E-state index in [4.69, 9.17) is 5.73 Å². The second-order valence-electron chi connectivity index (χ2n) is 4.07. The predicted octanol–water partition coefficient (Wildman–Crippen LogP) is 3.42. The van der Waals surface area contributed by atoms with E-state index in [1.165, 1.54) is 6.07 Å². The molecule has 1 atom stereocenters. The lowest BCUT2D eigenvalue weighted by molar-refractivity contribution is 0.530. The summed E-state index contributed by atoms with van der Waals surface area (Å²) in [5, 5.41) is 1.98.